The highest BCUT2D eigenvalue weighted by atomic mass is 35.5. The molecule has 0 atom stereocenters. The average Bonchev–Trinajstić information content (AvgIpc) is 2.66. The second-order valence-corrected chi connectivity index (χ2v) is 8.65. The summed E-state index contributed by atoms with van der Waals surface area (Å²) in [6.07, 6.45) is 1.30. The zero-order valence-corrected chi connectivity index (χ0v) is 16.7. The van der Waals surface area contributed by atoms with Crippen LogP contribution in [0.5, 0.6) is 0 Å². The van der Waals surface area contributed by atoms with Crippen LogP contribution in [0.4, 0.5) is 5.69 Å². The summed E-state index contributed by atoms with van der Waals surface area (Å²) in [6, 6.07) is 6.02. The first-order chi connectivity index (χ1) is 12.8. The zero-order valence-electron chi connectivity index (χ0n) is 14.4. The number of aryl methyl sites for hydroxylation is 1. The number of morpholine rings is 1. The summed E-state index contributed by atoms with van der Waals surface area (Å²) in [7, 11) is -3.66. The number of aromatic nitrogens is 1. The predicted octanol–water partition coefficient (Wildman–Crippen LogP) is 2.97. The molecule has 0 radical (unpaired) electrons. The topological polar surface area (TPSA) is 88.6 Å². The number of benzene rings is 1. The van der Waals surface area contributed by atoms with E-state index in [4.69, 9.17) is 27.9 Å². The van der Waals surface area contributed by atoms with Crippen LogP contribution in [-0.2, 0) is 14.8 Å². The molecule has 7 nitrogen and oxygen atoms in total. The van der Waals surface area contributed by atoms with Gasteiger partial charge in [0, 0.05) is 25.0 Å². The van der Waals surface area contributed by atoms with Crippen molar-refractivity contribution < 1.29 is 17.9 Å². The molecular weight excluding hydrogens is 413 g/mol. The summed E-state index contributed by atoms with van der Waals surface area (Å²) in [4.78, 5) is 16.4. The molecule has 0 unspecified atom stereocenters. The number of pyridine rings is 1. The summed E-state index contributed by atoms with van der Waals surface area (Å²) >= 11 is 11.7. The first-order valence-corrected chi connectivity index (χ1v) is 10.3. The van der Waals surface area contributed by atoms with E-state index in [1.54, 1.807) is 13.0 Å². The molecule has 1 aliphatic rings. The Bertz CT molecular complexity index is 976. The Hall–Kier alpha value is -1.71. The number of carbonyl (C=O) groups excluding carboxylic acids is 1. The number of nitrogens with zero attached hydrogens (tertiary/aromatic N) is 2. The lowest BCUT2D eigenvalue weighted by atomic mass is 10.2. The van der Waals surface area contributed by atoms with Crippen LogP contribution in [0.25, 0.3) is 0 Å². The molecule has 0 saturated carbocycles. The van der Waals surface area contributed by atoms with Gasteiger partial charge in [0.15, 0.2) is 0 Å². The summed E-state index contributed by atoms with van der Waals surface area (Å²) < 4.78 is 32.2. The normalized spacial score (nSPS) is 15.5. The van der Waals surface area contributed by atoms with Gasteiger partial charge in [-0.3, -0.25) is 4.79 Å². The van der Waals surface area contributed by atoms with Gasteiger partial charge in [-0.15, -0.1) is 0 Å². The van der Waals surface area contributed by atoms with Crippen molar-refractivity contribution >= 4 is 44.8 Å². The number of halogens is 2. The Balaban J connectivity index is 1.87. The van der Waals surface area contributed by atoms with Crippen LogP contribution in [0.15, 0.2) is 35.4 Å². The van der Waals surface area contributed by atoms with Gasteiger partial charge in [0.1, 0.15) is 5.15 Å². The van der Waals surface area contributed by atoms with Crippen LogP contribution in [0.2, 0.25) is 10.2 Å². The minimum absolute atomic E-state index is 0.1000. The Morgan fingerprint density at radius 3 is 2.59 bits per heavy atom. The summed E-state index contributed by atoms with van der Waals surface area (Å²) in [5, 5.41) is 2.96. The molecule has 1 fully saturated rings. The molecule has 1 N–H and O–H groups in total. The fourth-order valence-corrected chi connectivity index (χ4v) is 4.28. The Kier molecular flexibility index (Phi) is 6.02. The molecule has 10 heteroatoms. The fourth-order valence-electron chi connectivity index (χ4n) is 2.57. The van der Waals surface area contributed by atoms with Crippen LogP contribution < -0.4 is 5.32 Å². The van der Waals surface area contributed by atoms with Gasteiger partial charge in [-0.05, 0) is 30.7 Å². The van der Waals surface area contributed by atoms with E-state index in [1.807, 2.05) is 0 Å². The molecule has 2 heterocycles. The number of sulfonamides is 1. The van der Waals surface area contributed by atoms with Crippen LogP contribution in [-0.4, -0.2) is 49.9 Å². The molecule has 27 heavy (non-hydrogen) atoms. The van der Waals surface area contributed by atoms with Crippen molar-refractivity contribution in [3.8, 4) is 0 Å². The maximum Gasteiger partial charge on any atom is 0.257 e. The van der Waals surface area contributed by atoms with E-state index in [-0.39, 0.29) is 20.6 Å². The number of carbonyl (C=O) groups is 1. The lowest BCUT2D eigenvalue weighted by Gasteiger charge is -2.26. The SMILES string of the molecule is Cc1ccc(S(=O)(=O)N2CCOCC2)cc1NC(=O)c1cnc(Cl)c(Cl)c1. The molecule has 1 aromatic heterocycles. The second-order valence-electron chi connectivity index (χ2n) is 5.94. The summed E-state index contributed by atoms with van der Waals surface area (Å²) in [6.45, 7) is 3.09. The first kappa shape index (κ1) is 20.0. The van der Waals surface area contributed by atoms with Crippen molar-refractivity contribution in [3.05, 3.63) is 51.8 Å². The van der Waals surface area contributed by atoms with Gasteiger partial charge in [0.25, 0.3) is 5.91 Å². The zero-order chi connectivity index (χ0) is 19.6. The van der Waals surface area contributed by atoms with E-state index < -0.39 is 15.9 Å². The van der Waals surface area contributed by atoms with Gasteiger partial charge < -0.3 is 10.1 Å². The molecule has 1 aliphatic heterocycles. The fraction of sp³-hybridized carbons (Fsp3) is 0.294. The third-order valence-electron chi connectivity index (χ3n) is 4.12. The van der Waals surface area contributed by atoms with Gasteiger partial charge in [-0.25, -0.2) is 13.4 Å². The molecule has 1 saturated heterocycles. The number of hydrogen-bond donors (Lipinski definition) is 1. The van der Waals surface area contributed by atoms with Crippen molar-refractivity contribution in [1.29, 1.82) is 0 Å². The summed E-state index contributed by atoms with van der Waals surface area (Å²) in [5.74, 6) is -0.468. The highest BCUT2D eigenvalue weighted by Gasteiger charge is 2.27. The first-order valence-electron chi connectivity index (χ1n) is 8.10. The molecule has 1 aromatic carbocycles. The van der Waals surface area contributed by atoms with Gasteiger partial charge in [0.2, 0.25) is 10.0 Å². The van der Waals surface area contributed by atoms with E-state index in [2.05, 4.69) is 10.3 Å². The largest absolute Gasteiger partial charge is 0.379 e. The number of nitrogens with one attached hydrogen (secondary N) is 1. The standard InChI is InChI=1S/C17H17Cl2N3O4S/c1-11-2-3-13(27(24,25)22-4-6-26-7-5-22)9-15(11)21-17(23)12-8-14(18)16(19)20-10-12/h2-3,8-10H,4-7H2,1H3,(H,21,23). The van der Waals surface area contributed by atoms with Crippen molar-refractivity contribution in [2.75, 3.05) is 31.6 Å². The van der Waals surface area contributed by atoms with Crippen molar-refractivity contribution in [2.24, 2.45) is 0 Å². The lowest BCUT2D eigenvalue weighted by molar-refractivity contribution is 0.0730. The third kappa shape index (κ3) is 4.41. The predicted molar refractivity (Wildman–Crippen MR) is 103 cm³/mol. The number of rotatable bonds is 4. The molecule has 0 aliphatic carbocycles. The quantitative estimate of drug-likeness (QED) is 0.754. The van der Waals surface area contributed by atoms with Gasteiger partial charge in [0.05, 0.1) is 28.7 Å². The van der Waals surface area contributed by atoms with E-state index in [1.165, 1.54) is 28.7 Å². The molecule has 1 amide bonds. The Morgan fingerprint density at radius 2 is 1.93 bits per heavy atom. The van der Waals surface area contributed by atoms with E-state index >= 15 is 0 Å². The van der Waals surface area contributed by atoms with Crippen LogP contribution in [0.1, 0.15) is 15.9 Å². The molecule has 3 rings (SSSR count). The highest BCUT2D eigenvalue weighted by molar-refractivity contribution is 7.89. The Morgan fingerprint density at radius 1 is 1.22 bits per heavy atom. The monoisotopic (exact) mass is 429 g/mol. The average molecular weight is 430 g/mol. The van der Waals surface area contributed by atoms with Crippen LogP contribution in [0.3, 0.4) is 0 Å². The third-order valence-corrected chi connectivity index (χ3v) is 6.70. The summed E-state index contributed by atoms with van der Waals surface area (Å²) in [5.41, 5.74) is 1.32. The van der Waals surface area contributed by atoms with E-state index in [0.29, 0.717) is 32.0 Å². The molecule has 144 valence electrons. The number of anilines is 1. The Labute approximate surface area is 167 Å². The smallest absolute Gasteiger partial charge is 0.257 e. The maximum absolute atomic E-state index is 12.8. The lowest BCUT2D eigenvalue weighted by Crippen LogP contribution is -2.40. The van der Waals surface area contributed by atoms with E-state index in [0.717, 1.165) is 5.56 Å². The molecule has 2 aromatic rings. The van der Waals surface area contributed by atoms with Gasteiger partial charge in [-0.2, -0.15) is 4.31 Å². The van der Waals surface area contributed by atoms with Crippen molar-refractivity contribution in [3.63, 3.8) is 0 Å². The van der Waals surface area contributed by atoms with Gasteiger partial charge >= 0.3 is 0 Å². The number of amides is 1. The maximum atomic E-state index is 12.8. The minimum Gasteiger partial charge on any atom is -0.379 e. The van der Waals surface area contributed by atoms with Crippen molar-refractivity contribution in [1.82, 2.24) is 9.29 Å². The number of hydrogen-bond acceptors (Lipinski definition) is 5. The minimum atomic E-state index is -3.66. The van der Waals surface area contributed by atoms with Gasteiger partial charge in [-0.1, -0.05) is 29.3 Å². The molecule has 0 bridgehead atoms. The van der Waals surface area contributed by atoms with Crippen LogP contribution >= 0.6 is 23.2 Å². The van der Waals surface area contributed by atoms with Crippen LogP contribution in [0, 0.1) is 6.92 Å². The van der Waals surface area contributed by atoms with E-state index in [9.17, 15) is 13.2 Å². The second kappa shape index (κ2) is 8.12. The molecular formula is C17H17Cl2N3O4S. The van der Waals surface area contributed by atoms with Crippen molar-refractivity contribution in [2.45, 2.75) is 11.8 Å². The number of ether oxygens (including phenoxy) is 1. The highest BCUT2D eigenvalue weighted by Crippen LogP contribution is 2.25. The molecule has 0 spiro atoms.